The Bertz CT molecular complexity index is 1510. The van der Waals surface area contributed by atoms with Gasteiger partial charge in [0.2, 0.25) is 0 Å². The second-order valence-electron chi connectivity index (χ2n) is 17.7. The third-order valence-electron chi connectivity index (χ3n) is 11.1. The minimum Gasteiger partial charge on any atom is -0.462 e. The summed E-state index contributed by atoms with van der Waals surface area (Å²) in [6, 6.07) is 0. The molecule has 6 nitrogen and oxygen atoms in total. The number of hydrogen-bond acceptors (Lipinski definition) is 6. The number of rotatable bonds is 48. The molecule has 0 aliphatic carbocycles. The van der Waals surface area contributed by atoms with Crippen molar-refractivity contribution in [1.29, 1.82) is 0 Å². The van der Waals surface area contributed by atoms with Crippen molar-refractivity contribution in [2.24, 2.45) is 0 Å². The van der Waals surface area contributed by atoms with Crippen LogP contribution >= 0.6 is 0 Å². The Kier molecular flexibility index (Phi) is 52.5. The Hall–Kier alpha value is -4.45. The van der Waals surface area contributed by atoms with Crippen LogP contribution in [-0.2, 0) is 28.6 Å². The van der Waals surface area contributed by atoms with E-state index in [1.54, 1.807) is 0 Å². The van der Waals surface area contributed by atoms with Crippen LogP contribution in [0.4, 0.5) is 0 Å². The first-order valence-corrected chi connectivity index (χ1v) is 27.7. The third kappa shape index (κ3) is 54.4. The van der Waals surface area contributed by atoms with Crippen molar-refractivity contribution < 1.29 is 28.6 Å². The molecule has 0 aromatic rings. The molecule has 0 aromatic heterocycles. The molecule has 0 rings (SSSR count). The molecule has 0 radical (unpaired) electrons. The highest BCUT2D eigenvalue weighted by molar-refractivity contribution is 5.71. The maximum Gasteiger partial charge on any atom is 0.306 e. The zero-order valence-electron chi connectivity index (χ0n) is 44.3. The molecule has 0 amide bonds. The second kappa shape index (κ2) is 56.1. The third-order valence-corrected chi connectivity index (χ3v) is 11.1. The van der Waals surface area contributed by atoms with Crippen LogP contribution in [0.1, 0.15) is 226 Å². The summed E-state index contributed by atoms with van der Waals surface area (Å²) in [5.74, 6) is -0.995. The van der Waals surface area contributed by atoms with Gasteiger partial charge >= 0.3 is 17.9 Å². The summed E-state index contributed by atoms with van der Waals surface area (Å²) >= 11 is 0. The van der Waals surface area contributed by atoms with Crippen molar-refractivity contribution in [3.63, 3.8) is 0 Å². The number of carbonyl (C=O) groups is 3. The first-order valence-electron chi connectivity index (χ1n) is 27.7. The fourth-order valence-electron chi connectivity index (χ4n) is 7.02. The molecule has 388 valence electrons. The Labute approximate surface area is 424 Å². The number of esters is 3. The molecular weight excluding hydrogens is 853 g/mol. The number of hydrogen-bond donors (Lipinski definition) is 0. The van der Waals surface area contributed by atoms with Crippen LogP contribution in [0, 0.1) is 0 Å². The van der Waals surface area contributed by atoms with Gasteiger partial charge in [0.15, 0.2) is 6.10 Å². The summed E-state index contributed by atoms with van der Waals surface area (Å²) in [7, 11) is 0. The van der Waals surface area contributed by atoms with Crippen LogP contribution in [0.2, 0.25) is 0 Å². The fourth-order valence-corrected chi connectivity index (χ4v) is 7.02. The Morgan fingerprint density at radius 1 is 0.304 bits per heavy atom. The van der Waals surface area contributed by atoms with E-state index in [0.29, 0.717) is 19.3 Å². The Morgan fingerprint density at radius 2 is 0.565 bits per heavy atom. The summed E-state index contributed by atoms with van der Waals surface area (Å²) in [6.45, 7) is 6.32. The van der Waals surface area contributed by atoms with Crippen LogP contribution < -0.4 is 0 Å². The molecule has 0 fully saturated rings. The second-order valence-corrected chi connectivity index (χ2v) is 17.7. The van der Waals surface area contributed by atoms with Gasteiger partial charge in [0.25, 0.3) is 0 Å². The monoisotopic (exact) mass is 953 g/mol. The van der Waals surface area contributed by atoms with Gasteiger partial charge in [-0.05, 0) is 135 Å². The van der Waals surface area contributed by atoms with Gasteiger partial charge in [-0.3, -0.25) is 14.4 Å². The molecule has 0 N–H and O–H groups in total. The van der Waals surface area contributed by atoms with Crippen LogP contribution in [0.25, 0.3) is 0 Å². The van der Waals surface area contributed by atoms with Crippen LogP contribution in [-0.4, -0.2) is 37.2 Å². The number of unbranched alkanes of at least 4 members (excludes halogenated alkanes) is 15. The summed E-state index contributed by atoms with van der Waals surface area (Å²) in [5.41, 5.74) is 0. The molecule has 0 spiro atoms. The summed E-state index contributed by atoms with van der Waals surface area (Å²) in [5, 5.41) is 0. The first kappa shape index (κ1) is 64.5. The van der Waals surface area contributed by atoms with Gasteiger partial charge < -0.3 is 14.2 Å². The smallest absolute Gasteiger partial charge is 0.306 e. The van der Waals surface area contributed by atoms with Crippen LogP contribution in [0.15, 0.2) is 134 Å². The lowest BCUT2D eigenvalue weighted by Crippen LogP contribution is -2.30. The van der Waals surface area contributed by atoms with Crippen molar-refractivity contribution in [1.82, 2.24) is 0 Å². The van der Waals surface area contributed by atoms with E-state index in [1.807, 2.05) is 0 Å². The van der Waals surface area contributed by atoms with Gasteiger partial charge in [0.1, 0.15) is 13.2 Å². The summed E-state index contributed by atoms with van der Waals surface area (Å²) < 4.78 is 16.8. The van der Waals surface area contributed by atoms with Crippen LogP contribution in [0.5, 0.6) is 0 Å². The summed E-state index contributed by atoms with van der Waals surface area (Å²) in [4.78, 5) is 38.1. The van der Waals surface area contributed by atoms with Crippen molar-refractivity contribution in [3.05, 3.63) is 134 Å². The Morgan fingerprint density at radius 3 is 0.928 bits per heavy atom. The summed E-state index contributed by atoms with van der Waals surface area (Å²) in [6.07, 6.45) is 78.6. The largest absolute Gasteiger partial charge is 0.462 e. The lowest BCUT2D eigenvalue weighted by Gasteiger charge is -2.18. The van der Waals surface area contributed by atoms with Gasteiger partial charge in [0.05, 0.1) is 0 Å². The standard InChI is InChI=1S/C63H100O6/c1-4-7-10-13-16-19-22-25-27-29-30-31-32-34-35-38-41-44-47-50-53-56-62(65)68-59-60(58-67-61(64)55-52-49-46-43-40-37-24-21-18-15-12-9-6-3)69-63(66)57-54-51-48-45-42-39-36-33-28-26-23-20-17-14-11-8-5-2/h7-8,10-11,16-17,19-21,24-28,30-31,34-36,39,41,44,60H,4-6,9,12-15,18,22-23,29,32-33,37-38,40,42-43,45-59H2,1-3H3/b10-7-,11-8-,19-16-,20-17-,24-21-,27-25-,28-26-,31-30-,35-34-,39-36-,44-41-. The maximum atomic E-state index is 12.8. The highest BCUT2D eigenvalue weighted by Gasteiger charge is 2.19. The van der Waals surface area contributed by atoms with E-state index in [-0.39, 0.29) is 37.5 Å². The number of allylic oxidation sites excluding steroid dienone is 22. The van der Waals surface area contributed by atoms with Crippen LogP contribution in [0.3, 0.4) is 0 Å². The molecule has 6 heteroatoms. The van der Waals surface area contributed by atoms with Gasteiger partial charge in [-0.25, -0.2) is 0 Å². The van der Waals surface area contributed by atoms with E-state index in [2.05, 4.69) is 154 Å². The molecule has 1 unspecified atom stereocenters. The molecule has 1 atom stereocenters. The lowest BCUT2D eigenvalue weighted by molar-refractivity contribution is -0.167. The highest BCUT2D eigenvalue weighted by Crippen LogP contribution is 2.12. The average molecular weight is 953 g/mol. The Balaban J connectivity index is 4.53. The average Bonchev–Trinajstić information content (AvgIpc) is 3.35. The van der Waals surface area contributed by atoms with Crippen molar-refractivity contribution in [2.45, 2.75) is 232 Å². The van der Waals surface area contributed by atoms with E-state index < -0.39 is 6.10 Å². The minimum absolute atomic E-state index is 0.111. The SMILES string of the molecule is CC/C=C\C/C=C\C/C=C\C/C=C\C/C=C\C/C=C\CCCCC(=O)OCC(COC(=O)CCCCCCC/C=C\CCCCCC)OC(=O)CCCCCC/C=C\C/C=C\C/C=C\C/C=C\CC. The molecule has 0 heterocycles. The highest BCUT2D eigenvalue weighted by atomic mass is 16.6. The number of ether oxygens (including phenoxy) is 3. The molecule has 0 aromatic carbocycles. The van der Waals surface area contributed by atoms with Crippen molar-refractivity contribution in [2.75, 3.05) is 13.2 Å². The van der Waals surface area contributed by atoms with E-state index >= 15 is 0 Å². The quantitative estimate of drug-likeness (QED) is 0.0262. The topological polar surface area (TPSA) is 78.9 Å². The van der Waals surface area contributed by atoms with Gasteiger partial charge in [0, 0.05) is 19.3 Å². The molecule has 0 bridgehead atoms. The molecule has 0 saturated heterocycles. The molecule has 0 saturated carbocycles. The zero-order chi connectivity index (χ0) is 50.0. The number of carbonyl (C=O) groups excluding carboxylic acids is 3. The van der Waals surface area contributed by atoms with Crippen molar-refractivity contribution in [3.8, 4) is 0 Å². The molecule has 0 aliphatic heterocycles. The first-order chi connectivity index (χ1) is 34.0. The van der Waals surface area contributed by atoms with E-state index in [9.17, 15) is 14.4 Å². The van der Waals surface area contributed by atoms with Gasteiger partial charge in [-0.15, -0.1) is 0 Å². The molecule has 69 heavy (non-hydrogen) atoms. The fraction of sp³-hybridized carbons (Fsp3) is 0.603. The molecule has 0 aliphatic rings. The lowest BCUT2D eigenvalue weighted by atomic mass is 10.1. The van der Waals surface area contributed by atoms with E-state index in [1.165, 1.54) is 38.5 Å². The predicted octanol–water partition coefficient (Wildman–Crippen LogP) is 18.6. The van der Waals surface area contributed by atoms with Crippen molar-refractivity contribution >= 4 is 17.9 Å². The van der Waals surface area contributed by atoms with Gasteiger partial charge in [-0.2, -0.15) is 0 Å². The molecular formula is C63H100O6. The zero-order valence-corrected chi connectivity index (χ0v) is 44.3. The van der Waals surface area contributed by atoms with E-state index in [4.69, 9.17) is 14.2 Å². The predicted molar refractivity (Wildman–Crippen MR) is 297 cm³/mol. The minimum atomic E-state index is -0.817. The van der Waals surface area contributed by atoms with E-state index in [0.717, 1.165) is 141 Å². The normalized spacial score (nSPS) is 13.1. The maximum absolute atomic E-state index is 12.8. The van der Waals surface area contributed by atoms with Gasteiger partial charge in [-0.1, -0.05) is 206 Å².